The van der Waals surface area contributed by atoms with Crippen LogP contribution in [-0.4, -0.2) is 25.8 Å². The zero-order valence-corrected chi connectivity index (χ0v) is 6.47. The summed E-state index contributed by atoms with van der Waals surface area (Å²) in [6, 6.07) is 1.74. The van der Waals surface area contributed by atoms with Crippen molar-refractivity contribution >= 4 is 0 Å². The van der Waals surface area contributed by atoms with Gasteiger partial charge in [-0.15, -0.1) is 0 Å². The first-order valence-electron chi connectivity index (χ1n) is 4.15. The fraction of sp³-hybridized carbons (Fsp3) is 1.00. The van der Waals surface area contributed by atoms with Crippen molar-refractivity contribution in [1.29, 1.82) is 0 Å². The summed E-state index contributed by atoms with van der Waals surface area (Å²) in [6.45, 7) is 0.963. The Labute approximate surface area is 61.9 Å². The van der Waals surface area contributed by atoms with Crippen LogP contribution in [0.2, 0.25) is 0 Å². The van der Waals surface area contributed by atoms with E-state index in [4.69, 9.17) is 4.74 Å². The number of rotatable bonds is 2. The Kier molecular flexibility index (Phi) is 1.66. The monoisotopic (exact) mass is 141 g/mol. The maximum absolute atomic E-state index is 5.12. The van der Waals surface area contributed by atoms with E-state index in [0.29, 0.717) is 0 Å². The van der Waals surface area contributed by atoms with Crippen molar-refractivity contribution in [3.05, 3.63) is 0 Å². The van der Waals surface area contributed by atoms with Gasteiger partial charge in [0, 0.05) is 25.8 Å². The molecule has 58 valence electrons. The lowest BCUT2D eigenvalue weighted by Gasteiger charge is -2.18. The highest BCUT2D eigenvalue weighted by Gasteiger charge is 2.41. The topological polar surface area (TPSA) is 31.2 Å². The average Bonchev–Trinajstić information content (AvgIpc) is 2.66. The van der Waals surface area contributed by atoms with Crippen LogP contribution in [0.1, 0.15) is 19.3 Å². The lowest BCUT2D eigenvalue weighted by molar-refractivity contribution is 0.137. The lowest BCUT2D eigenvalue weighted by Crippen LogP contribution is -2.17. The van der Waals surface area contributed by atoms with Gasteiger partial charge in [0.25, 0.3) is 0 Å². The zero-order chi connectivity index (χ0) is 6.97. The quantitative estimate of drug-likeness (QED) is 0.576. The summed E-state index contributed by atoms with van der Waals surface area (Å²) in [5.41, 5.74) is 0. The third-order valence-corrected chi connectivity index (χ3v) is 2.68. The Balaban J connectivity index is 1.77. The molecule has 10 heavy (non-hydrogen) atoms. The van der Waals surface area contributed by atoms with E-state index in [0.717, 1.165) is 24.6 Å². The third kappa shape index (κ3) is 1.18. The maximum Gasteiger partial charge on any atom is 0.0491 e. The molecule has 2 heteroatoms. The second-order valence-corrected chi connectivity index (χ2v) is 3.51. The van der Waals surface area contributed by atoms with Gasteiger partial charge in [-0.3, -0.25) is 0 Å². The van der Waals surface area contributed by atoms with E-state index in [1.807, 2.05) is 0 Å². The van der Waals surface area contributed by atoms with Crippen molar-refractivity contribution in [1.82, 2.24) is 5.32 Å². The molecule has 1 aliphatic heterocycles. The van der Waals surface area contributed by atoms with Crippen LogP contribution in [0.5, 0.6) is 0 Å². The molecule has 1 saturated heterocycles. The third-order valence-electron chi connectivity index (χ3n) is 2.68. The van der Waals surface area contributed by atoms with Gasteiger partial charge in [0.1, 0.15) is 0 Å². The maximum atomic E-state index is 5.12. The molecule has 0 radical (unpaired) electrons. The smallest absolute Gasteiger partial charge is 0.0491 e. The highest BCUT2D eigenvalue weighted by Crippen LogP contribution is 2.32. The number of ether oxygens (including phenoxy) is 1. The molecule has 1 N–H and O–H groups in total. The molecule has 2 fully saturated rings. The van der Waals surface area contributed by atoms with Gasteiger partial charge in [-0.2, -0.15) is 0 Å². The van der Waals surface area contributed by atoms with Crippen molar-refractivity contribution < 1.29 is 4.74 Å². The first-order chi connectivity index (χ1) is 4.90. The van der Waals surface area contributed by atoms with Crippen LogP contribution >= 0.6 is 0 Å². The van der Waals surface area contributed by atoms with Crippen LogP contribution in [0.4, 0.5) is 0 Å². The Hall–Kier alpha value is -0.0800. The number of hydrogen-bond acceptors (Lipinski definition) is 2. The molecule has 0 spiro atoms. The molecule has 2 nitrogen and oxygen atoms in total. The van der Waals surface area contributed by atoms with Crippen LogP contribution in [0.25, 0.3) is 0 Å². The van der Waals surface area contributed by atoms with Crippen LogP contribution in [-0.2, 0) is 4.74 Å². The van der Waals surface area contributed by atoms with E-state index in [2.05, 4.69) is 5.32 Å². The lowest BCUT2D eigenvalue weighted by atomic mass is 9.90. The van der Waals surface area contributed by atoms with Crippen molar-refractivity contribution in [2.45, 2.75) is 31.3 Å². The molecular formula is C8H15NO. The minimum Gasteiger partial charge on any atom is -0.384 e. The van der Waals surface area contributed by atoms with E-state index in [1.54, 1.807) is 7.11 Å². The first-order valence-corrected chi connectivity index (χ1v) is 4.15. The van der Waals surface area contributed by atoms with Crippen LogP contribution < -0.4 is 5.32 Å². The summed E-state index contributed by atoms with van der Waals surface area (Å²) in [5.74, 6) is 0.834. The molecule has 1 heterocycles. The van der Waals surface area contributed by atoms with Gasteiger partial charge in [0.15, 0.2) is 0 Å². The minimum absolute atomic E-state index is 0.834. The van der Waals surface area contributed by atoms with E-state index < -0.39 is 0 Å². The predicted octanol–water partition coefficient (Wildman–Crippen LogP) is 0.773. The first kappa shape index (κ1) is 6.62. The highest BCUT2D eigenvalue weighted by molar-refractivity contribution is 5.02. The van der Waals surface area contributed by atoms with Gasteiger partial charge in [0.2, 0.25) is 0 Å². The fourth-order valence-electron chi connectivity index (χ4n) is 2.02. The predicted molar refractivity (Wildman–Crippen MR) is 39.9 cm³/mol. The van der Waals surface area contributed by atoms with Gasteiger partial charge in [-0.05, 0) is 25.2 Å². The highest BCUT2D eigenvalue weighted by atomic mass is 16.5. The number of fused-ring (bicyclic) bond motifs is 1. The fourth-order valence-corrected chi connectivity index (χ4v) is 2.02. The summed E-state index contributed by atoms with van der Waals surface area (Å²) in [6.07, 6.45) is 4.08. The van der Waals surface area contributed by atoms with Crippen molar-refractivity contribution in [2.24, 2.45) is 5.92 Å². The molecule has 0 aromatic carbocycles. The average molecular weight is 141 g/mol. The second kappa shape index (κ2) is 2.51. The Morgan fingerprint density at radius 2 is 2.30 bits per heavy atom. The standard InChI is InChI=1S/C8H15NO/c1-10-5-6-2-3-7-8(4-6)9-7/h6-9H,2-5H2,1H3. The second-order valence-electron chi connectivity index (χ2n) is 3.51. The molecule has 3 atom stereocenters. The molecule has 0 aromatic rings. The van der Waals surface area contributed by atoms with E-state index in [9.17, 15) is 0 Å². The number of methoxy groups -OCH3 is 1. The Bertz CT molecular complexity index is 126. The SMILES string of the molecule is COCC1CCC2NC2C1. The summed E-state index contributed by atoms with van der Waals surface area (Å²) >= 11 is 0. The molecule has 1 saturated carbocycles. The largest absolute Gasteiger partial charge is 0.384 e. The van der Waals surface area contributed by atoms with Gasteiger partial charge in [0.05, 0.1) is 0 Å². The molecule has 2 aliphatic rings. The van der Waals surface area contributed by atoms with E-state index in [-0.39, 0.29) is 0 Å². The van der Waals surface area contributed by atoms with Crippen molar-refractivity contribution in [3.8, 4) is 0 Å². The Morgan fingerprint density at radius 1 is 1.40 bits per heavy atom. The van der Waals surface area contributed by atoms with Gasteiger partial charge >= 0.3 is 0 Å². The Morgan fingerprint density at radius 3 is 3.00 bits per heavy atom. The molecule has 2 rings (SSSR count). The summed E-state index contributed by atoms with van der Waals surface area (Å²) < 4.78 is 5.12. The van der Waals surface area contributed by atoms with Crippen LogP contribution in [0.15, 0.2) is 0 Å². The normalized spacial score (nSPS) is 44.7. The molecule has 1 aliphatic carbocycles. The van der Waals surface area contributed by atoms with E-state index in [1.165, 1.54) is 19.3 Å². The van der Waals surface area contributed by atoms with Crippen molar-refractivity contribution in [2.75, 3.05) is 13.7 Å². The van der Waals surface area contributed by atoms with Crippen molar-refractivity contribution in [3.63, 3.8) is 0 Å². The summed E-state index contributed by atoms with van der Waals surface area (Å²) in [4.78, 5) is 0. The number of hydrogen-bond donors (Lipinski definition) is 1. The summed E-state index contributed by atoms with van der Waals surface area (Å²) in [7, 11) is 1.80. The van der Waals surface area contributed by atoms with Gasteiger partial charge < -0.3 is 10.1 Å². The van der Waals surface area contributed by atoms with Crippen LogP contribution in [0, 0.1) is 5.92 Å². The molecule has 0 aromatic heterocycles. The minimum atomic E-state index is 0.834. The van der Waals surface area contributed by atoms with E-state index >= 15 is 0 Å². The van der Waals surface area contributed by atoms with Crippen LogP contribution in [0.3, 0.4) is 0 Å². The molecule has 3 unspecified atom stereocenters. The number of nitrogens with one attached hydrogen (secondary N) is 1. The van der Waals surface area contributed by atoms with Gasteiger partial charge in [-0.1, -0.05) is 0 Å². The summed E-state index contributed by atoms with van der Waals surface area (Å²) in [5, 5.41) is 3.46. The molecular weight excluding hydrogens is 126 g/mol. The van der Waals surface area contributed by atoms with Gasteiger partial charge in [-0.25, -0.2) is 0 Å². The molecule has 0 amide bonds. The zero-order valence-electron chi connectivity index (χ0n) is 6.47. The molecule has 0 bridgehead atoms.